The minimum absolute atomic E-state index is 0.0657. The van der Waals surface area contributed by atoms with Gasteiger partial charge in [-0.1, -0.05) is 19.8 Å². The summed E-state index contributed by atoms with van der Waals surface area (Å²) < 4.78 is 0. The number of hydrogen-bond acceptors (Lipinski definition) is 3. The highest BCUT2D eigenvalue weighted by Gasteiger charge is 2.23. The fourth-order valence-electron chi connectivity index (χ4n) is 2.55. The number of carboxylic acids is 1. The molecule has 1 amide bonds. The van der Waals surface area contributed by atoms with Crippen molar-refractivity contribution in [1.82, 2.24) is 5.32 Å². The first-order valence-electron chi connectivity index (χ1n) is 6.85. The summed E-state index contributed by atoms with van der Waals surface area (Å²) in [5, 5.41) is 11.5. The van der Waals surface area contributed by atoms with Crippen molar-refractivity contribution in [2.24, 2.45) is 11.8 Å². The lowest BCUT2D eigenvalue weighted by atomic mass is 9.98. The molecule has 1 fully saturated rings. The lowest BCUT2D eigenvalue weighted by Gasteiger charge is -2.15. The number of amides is 1. The first-order chi connectivity index (χ1) is 9.56. The van der Waals surface area contributed by atoms with E-state index < -0.39 is 5.97 Å². The summed E-state index contributed by atoms with van der Waals surface area (Å²) in [6.45, 7) is 2.97. The first kappa shape index (κ1) is 14.8. The maximum atomic E-state index is 12.0. The maximum Gasteiger partial charge on any atom is 0.328 e. The Bertz CT molecular complexity index is 521. The molecule has 20 heavy (non-hydrogen) atoms. The van der Waals surface area contributed by atoms with Crippen LogP contribution < -0.4 is 5.32 Å². The van der Waals surface area contributed by atoms with Crippen LogP contribution in [0.5, 0.6) is 0 Å². The summed E-state index contributed by atoms with van der Waals surface area (Å²) in [6.07, 6.45) is 6.28. The zero-order chi connectivity index (χ0) is 14.5. The summed E-state index contributed by atoms with van der Waals surface area (Å²) in [5.41, 5.74) is 0. The molecular formula is C15H19NO3S. The Hall–Kier alpha value is -1.62. The second kappa shape index (κ2) is 6.70. The molecular weight excluding hydrogens is 274 g/mol. The van der Waals surface area contributed by atoms with Crippen molar-refractivity contribution in [3.8, 4) is 0 Å². The zero-order valence-electron chi connectivity index (χ0n) is 11.5. The van der Waals surface area contributed by atoms with E-state index in [0.717, 1.165) is 17.5 Å². The number of hydrogen-bond donors (Lipinski definition) is 2. The first-order valence-corrected chi connectivity index (χ1v) is 7.67. The van der Waals surface area contributed by atoms with E-state index in [1.165, 1.54) is 36.7 Å². The highest BCUT2D eigenvalue weighted by molar-refractivity contribution is 7.14. The Morgan fingerprint density at radius 2 is 2.25 bits per heavy atom. The van der Waals surface area contributed by atoms with E-state index in [1.54, 1.807) is 12.1 Å². The SMILES string of the molecule is CC1CCCC1CNC(=O)c1ccc(/C=C/C(=O)O)s1. The van der Waals surface area contributed by atoms with Crippen LogP contribution in [0.25, 0.3) is 6.08 Å². The predicted octanol–water partition coefficient (Wildman–Crippen LogP) is 3.01. The van der Waals surface area contributed by atoms with E-state index in [9.17, 15) is 9.59 Å². The second-order valence-electron chi connectivity index (χ2n) is 5.25. The average Bonchev–Trinajstić information content (AvgIpc) is 3.02. The number of carbonyl (C=O) groups is 2. The molecule has 5 heteroatoms. The van der Waals surface area contributed by atoms with Gasteiger partial charge in [-0.2, -0.15) is 0 Å². The van der Waals surface area contributed by atoms with Gasteiger partial charge < -0.3 is 10.4 Å². The molecule has 2 unspecified atom stereocenters. The van der Waals surface area contributed by atoms with E-state index in [1.807, 2.05) is 0 Å². The standard InChI is InChI=1S/C15H19NO3S/c1-10-3-2-4-11(10)9-16-15(19)13-7-5-12(20-13)6-8-14(17)18/h5-8,10-11H,2-4,9H2,1H3,(H,16,19)(H,17,18)/b8-6+. The number of carbonyl (C=O) groups excluding carboxylic acids is 1. The summed E-state index contributed by atoms with van der Waals surface area (Å²) in [4.78, 5) is 23.8. The normalized spacial score (nSPS) is 22.2. The van der Waals surface area contributed by atoms with Crippen LogP contribution in [0.15, 0.2) is 18.2 Å². The van der Waals surface area contributed by atoms with E-state index >= 15 is 0 Å². The Morgan fingerprint density at radius 3 is 2.90 bits per heavy atom. The van der Waals surface area contributed by atoms with Crippen LogP contribution in [0.3, 0.4) is 0 Å². The highest BCUT2D eigenvalue weighted by Crippen LogP contribution is 2.30. The third-order valence-electron chi connectivity index (χ3n) is 3.80. The molecule has 2 rings (SSSR count). The quantitative estimate of drug-likeness (QED) is 0.820. The number of rotatable bonds is 5. The van der Waals surface area contributed by atoms with Gasteiger partial charge in [0, 0.05) is 17.5 Å². The van der Waals surface area contributed by atoms with Gasteiger partial charge in [0.1, 0.15) is 0 Å². The van der Waals surface area contributed by atoms with Crippen LogP contribution in [-0.4, -0.2) is 23.5 Å². The van der Waals surface area contributed by atoms with Crippen LogP contribution in [0.1, 0.15) is 40.7 Å². The minimum atomic E-state index is -0.986. The summed E-state index contributed by atoms with van der Waals surface area (Å²) in [7, 11) is 0. The van der Waals surface area contributed by atoms with E-state index in [-0.39, 0.29) is 5.91 Å². The third-order valence-corrected chi connectivity index (χ3v) is 4.85. The van der Waals surface area contributed by atoms with Gasteiger partial charge in [0.05, 0.1) is 4.88 Å². The Morgan fingerprint density at radius 1 is 1.45 bits per heavy atom. The third kappa shape index (κ3) is 3.93. The van der Waals surface area contributed by atoms with Crippen LogP contribution in [0, 0.1) is 11.8 Å². The van der Waals surface area contributed by atoms with Gasteiger partial charge >= 0.3 is 5.97 Å². The van der Waals surface area contributed by atoms with Gasteiger partial charge in [-0.15, -0.1) is 11.3 Å². The Balaban J connectivity index is 1.87. The fourth-order valence-corrected chi connectivity index (χ4v) is 3.38. The molecule has 1 aliphatic carbocycles. The van der Waals surface area contributed by atoms with Gasteiger partial charge in [0.15, 0.2) is 0 Å². The van der Waals surface area contributed by atoms with Crippen LogP contribution in [-0.2, 0) is 4.79 Å². The van der Waals surface area contributed by atoms with Crippen molar-refractivity contribution in [1.29, 1.82) is 0 Å². The van der Waals surface area contributed by atoms with Crippen molar-refractivity contribution < 1.29 is 14.7 Å². The molecule has 0 aromatic carbocycles. The van der Waals surface area contributed by atoms with Crippen LogP contribution >= 0.6 is 11.3 Å². The molecule has 1 aliphatic rings. The number of nitrogens with one attached hydrogen (secondary N) is 1. The van der Waals surface area contributed by atoms with Gasteiger partial charge in [-0.25, -0.2) is 4.79 Å². The molecule has 108 valence electrons. The van der Waals surface area contributed by atoms with Gasteiger partial charge in [0.2, 0.25) is 0 Å². The summed E-state index contributed by atoms with van der Waals surface area (Å²) >= 11 is 1.30. The fraction of sp³-hybridized carbons (Fsp3) is 0.467. The van der Waals surface area contributed by atoms with E-state index in [0.29, 0.717) is 16.7 Å². The molecule has 0 radical (unpaired) electrons. The van der Waals surface area contributed by atoms with Gasteiger partial charge in [-0.05, 0) is 36.5 Å². The molecule has 1 saturated carbocycles. The molecule has 2 atom stereocenters. The van der Waals surface area contributed by atoms with Crippen LogP contribution in [0.4, 0.5) is 0 Å². The van der Waals surface area contributed by atoms with E-state index in [4.69, 9.17) is 5.11 Å². The number of carboxylic acid groups (broad SMARTS) is 1. The van der Waals surface area contributed by atoms with Crippen molar-refractivity contribution in [3.05, 3.63) is 28.0 Å². The Kier molecular flexibility index (Phi) is 4.95. The molecule has 4 nitrogen and oxygen atoms in total. The summed E-state index contributed by atoms with van der Waals surface area (Å²) in [5.74, 6) is 0.224. The van der Waals surface area contributed by atoms with Gasteiger partial charge in [0.25, 0.3) is 5.91 Å². The predicted molar refractivity (Wildman–Crippen MR) is 79.8 cm³/mol. The molecule has 1 aromatic rings. The van der Waals surface area contributed by atoms with Gasteiger partial charge in [-0.3, -0.25) is 4.79 Å². The van der Waals surface area contributed by atoms with Crippen molar-refractivity contribution in [2.45, 2.75) is 26.2 Å². The molecule has 0 bridgehead atoms. The average molecular weight is 293 g/mol. The smallest absolute Gasteiger partial charge is 0.328 e. The molecule has 0 aliphatic heterocycles. The molecule has 2 N–H and O–H groups in total. The highest BCUT2D eigenvalue weighted by atomic mass is 32.1. The van der Waals surface area contributed by atoms with E-state index in [2.05, 4.69) is 12.2 Å². The lowest BCUT2D eigenvalue weighted by Crippen LogP contribution is -2.29. The van der Waals surface area contributed by atoms with Crippen molar-refractivity contribution in [2.75, 3.05) is 6.54 Å². The Labute approximate surface area is 122 Å². The summed E-state index contributed by atoms with van der Waals surface area (Å²) in [6, 6.07) is 3.50. The zero-order valence-corrected chi connectivity index (χ0v) is 12.3. The van der Waals surface area contributed by atoms with Crippen molar-refractivity contribution in [3.63, 3.8) is 0 Å². The topological polar surface area (TPSA) is 66.4 Å². The monoisotopic (exact) mass is 293 g/mol. The van der Waals surface area contributed by atoms with Crippen molar-refractivity contribution >= 4 is 29.3 Å². The minimum Gasteiger partial charge on any atom is -0.478 e. The molecule has 0 spiro atoms. The van der Waals surface area contributed by atoms with Crippen LogP contribution in [0.2, 0.25) is 0 Å². The largest absolute Gasteiger partial charge is 0.478 e. The molecule has 1 heterocycles. The lowest BCUT2D eigenvalue weighted by molar-refractivity contribution is -0.131. The second-order valence-corrected chi connectivity index (χ2v) is 6.37. The molecule has 1 aromatic heterocycles. The molecule has 0 saturated heterocycles. The maximum absolute atomic E-state index is 12.0. The number of aliphatic carboxylic acids is 1. The number of thiophene rings is 1.